The third-order valence-electron chi connectivity index (χ3n) is 3.29. The summed E-state index contributed by atoms with van der Waals surface area (Å²) in [7, 11) is 0. The highest BCUT2D eigenvalue weighted by molar-refractivity contribution is 5.93. The zero-order valence-corrected chi connectivity index (χ0v) is 11.8. The lowest BCUT2D eigenvalue weighted by atomic mass is 10.0. The van der Waals surface area contributed by atoms with Gasteiger partial charge in [-0.05, 0) is 37.6 Å². The summed E-state index contributed by atoms with van der Waals surface area (Å²) < 4.78 is 5.14. The molecule has 0 radical (unpaired) electrons. The maximum Gasteiger partial charge on any atom is 0.247 e. The monoisotopic (exact) mass is 274 g/mol. The molecule has 0 aliphatic rings. The fourth-order valence-electron chi connectivity index (χ4n) is 1.72. The number of carbonyl (C=O) groups excluding carboxylic acids is 1. The van der Waals surface area contributed by atoms with E-state index < -0.39 is 0 Å². The average molecular weight is 274 g/mol. The fraction of sp³-hybridized carbons (Fsp3) is 0.357. The third-order valence-corrected chi connectivity index (χ3v) is 3.29. The van der Waals surface area contributed by atoms with Crippen LogP contribution in [-0.2, 0) is 4.79 Å². The highest BCUT2D eigenvalue weighted by atomic mass is 16.4. The Hall–Kier alpha value is -2.21. The van der Waals surface area contributed by atoms with Crippen molar-refractivity contribution in [3.8, 4) is 11.5 Å². The molecule has 0 aliphatic carbocycles. The van der Waals surface area contributed by atoms with E-state index >= 15 is 0 Å². The SMILES string of the molecule is Cc1cc(-c2nnco2)ccc1NC(=O)C(C)C(C)N. The predicted molar refractivity (Wildman–Crippen MR) is 75.9 cm³/mol. The summed E-state index contributed by atoms with van der Waals surface area (Å²) in [6.45, 7) is 5.53. The molecule has 3 N–H and O–H groups in total. The first-order valence-electron chi connectivity index (χ1n) is 6.42. The molecule has 0 saturated carbocycles. The summed E-state index contributed by atoms with van der Waals surface area (Å²) in [6.07, 6.45) is 1.28. The van der Waals surface area contributed by atoms with Gasteiger partial charge in [0.1, 0.15) is 0 Å². The van der Waals surface area contributed by atoms with E-state index in [1.165, 1.54) is 6.39 Å². The van der Waals surface area contributed by atoms with E-state index in [9.17, 15) is 4.79 Å². The second-order valence-electron chi connectivity index (χ2n) is 4.91. The average Bonchev–Trinajstić information content (AvgIpc) is 2.93. The lowest BCUT2D eigenvalue weighted by Crippen LogP contribution is -2.34. The summed E-state index contributed by atoms with van der Waals surface area (Å²) in [6, 6.07) is 5.35. The number of nitrogens with two attached hydrogens (primary N) is 1. The van der Waals surface area contributed by atoms with Gasteiger partial charge in [-0.3, -0.25) is 4.79 Å². The van der Waals surface area contributed by atoms with Crippen LogP contribution in [0.2, 0.25) is 0 Å². The summed E-state index contributed by atoms with van der Waals surface area (Å²) in [4.78, 5) is 12.0. The Bertz CT molecular complexity index is 593. The molecule has 2 rings (SSSR count). The number of carbonyl (C=O) groups is 1. The lowest BCUT2D eigenvalue weighted by Gasteiger charge is -2.16. The number of aromatic nitrogens is 2. The maximum absolute atomic E-state index is 12.0. The first kappa shape index (κ1) is 14.2. The summed E-state index contributed by atoms with van der Waals surface area (Å²) >= 11 is 0. The fourth-order valence-corrected chi connectivity index (χ4v) is 1.72. The van der Waals surface area contributed by atoms with Crippen molar-refractivity contribution in [1.29, 1.82) is 0 Å². The molecule has 0 fully saturated rings. The molecule has 0 aliphatic heterocycles. The molecule has 2 aromatic rings. The van der Waals surface area contributed by atoms with E-state index in [0.29, 0.717) is 5.89 Å². The van der Waals surface area contributed by atoms with Crippen LogP contribution in [0.3, 0.4) is 0 Å². The number of hydrogen-bond acceptors (Lipinski definition) is 5. The van der Waals surface area contributed by atoms with E-state index in [1.54, 1.807) is 0 Å². The second-order valence-corrected chi connectivity index (χ2v) is 4.91. The van der Waals surface area contributed by atoms with Crippen LogP contribution < -0.4 is 11.1 Å². The van der Waals surface area contributed by atoms with Crippen molar-refractivity contribution >= 4 is 11.6 Å². The molecule has 1 heterocycles. The van der Waals surface area contributed by atoms with E-state index in [2.05, 4.69) is 15.5 Å². The van der Waals surface area contributed by atoms with Crippen molar-refractivity contribution in [2.24, 2.45) is 11.7 Å². The molecule has 2 atom stereocenters. The molecule has 1 aromatic heterocycles. The molecule has 0 spiro atoms. The Morgan fingerprint density at radius 1 is 1.40 bits per heavy atom. The normalized spacial score (nSPS) is 13.8. The van der Waals surface area contributed by atoms with Crippen LogP contribution in [0.25, 0.3) is 11.5 Å². The van der Waals surface area contributed by atoms with Gasteiger partial charge in [0, 0.05) is 17.3 Å². The van der Waals surface area contributed by atoms with Crippen LogP contribution in [0.15, 0.2) is 29.0 Å². The largest absolute Gasteiger partial charge is 0.423 e. The van der Waals surface area contributed by atoms with Crippen LogP contribution in [0.5, 0.6) is 0 Å². The number of rotatable bonds is 4. The molecule has 1 amide bonds. The second kappa shape index (κ2) is 5.83. The summed E-state index contributed by atoms with van der Waals surface area (Å²) in [5.41, 5.74) is 8.22. The minimum atomic E-state index is -0.245. The zero-order valence-electron chi connectivity index (χ0n) is 11.8. The van der Waals surface area contributed by atoms with Gasteiger partial charge >= 0.3 is 0 Å². The van der Waals surface area contributed by atoms with Gasteiger partial charge in [0.25, 0.3) is 0 Å². The number of hydrogen-bond donors (Lipinski definition) is 2. The molecule has 0 saturated heterocycles. The summed E-state index contributed by atoms with van der Waals surface area (Å²) in [5, 5.41) is 10.4. The van der Waals surface area contributed by atoms with Crippen LogP contribution >= 0.6 is 0 Å². The Balaban J connectivity index is 2.16. The van der Waals surface area contributed by atoms with Gasteiger partial charge in [-0.2, -0.15) is 0 Å². The molecule has 20 heavy (non-hydrogen) atoms. The molecule has 2 unspecified atom stereocenters. The summed E-state index contributed by atoms with van der Waals surface area (Å²) in [5.74, 6) is 0.119. The van der Waals surface area contributed by atoms with E-state index in [-0.39, 0.29) is 17.9 Å². The molecule has 106 valence electrons. The van der Waals surface area contributed by atoms with Gasteiger partial charge in [-0.1, -0.05) is 6.92 Å². The highest BCUT2D eigenvalue weighted by Crippen LogP contribution is 2.23. The van der Waals surface area contributed by atoms with Crippen LogP contribution in [0.4, 0.5) is 5.69 Å². The zero-order chi connectivity index (χ0) is 14.7. The Labute approximate surface area is 117 Å². The number of aryl methyl sites for hydroxylation is 1. The van der Waals surface area contributed by atoms with Crippen molar-refractivity contribution in [3.05, 3.63) is 30.2 Å². The number of benzene rings is 1. The minimum absolute atomic E-state index is 0.0892. The molecule has 1 aromatic carbocycles. The van der Waals surface area contributed by atoms with E-state index in [1.807, 2.05) is 39.0 Å². The van der Waals surface area contributed by atoms with Gasteiger partial charge < -0.3 is 15.5 Å². The standard InChI is InChI=1S/C14H18N4O2/c1-8-6-11(14-18-16-7-20-14)4-5-12(8)17-13(19)9(2)10(3)15/h4-7,9-10H,15H2,1-3H3,(H,17,19). The number of amides is 1. The number of nitrogens with one attached hydrogen (secondary N) is 1. The van der Waals surface area contributed by atoms with Crippen molar-refractivity contribution in [3.63, 3.8) is 0 Å². The molecule has 6 heteroatoms. The maximum atomic E-state index is 12.0. The predicted octanol–water partition coefficient (Wildman–Crippen LogP) is 1.97. The highest BCUT2D eigenvalue weighted by Gasteiger charge is 2.18. The van der Waals surface area contributed by atoms with Gasteiger partial charge in [0.05, 0.1) is 5.92 Å². The van der Waals surface area contributed by atoms with Gasteiger partial charge in [-0.25, -0.2) is 0 Å². The van der Waals surface area contributed by atoms with Crippen molar-refractivity contribution < 1.29 is 9.21 Å². The minimum Gasteiger partial charge on any atom is -0.423 e. The Kier molecular flexibility index (Phi) is 4.14. The smallest absolute Gasteiger partial charge is 0.247 e. The number of anilines is 1. The topological polar surface area (TPSA) is 94.0 Å². The van der Waals surface area contributed by atoms with E-state index in [0.717, 1.165) is 16.8 Å². The van der Waals surface area contributed by atoms with Crippen LogP contribution in [0, 0.1) is 12.8 Å². The molecular weight excluding hydrogens is 256 g/mol. The van der Waals surface area contributed by atoms with Crippen molar-refractivity contribution in [2.75, 3.05) is 5.32 Å². The Morgan fingerprint density at radius 2 is 2.15 bits per heavy atom. The molecule has 0 bridgehead atoms. The third kappa shape index (κ3) is 3.03. The first-order chi connectivity index (χ1) is 9.49. The van der Waals surface area contributed by atoms with E-state index in [4.69, 9.17) is 10.2 Å². The quantitative estimate of drug-likeness (QED) is 0.888. The van der Waals surface area contributed by atoms with Gasteiger partial charge in [-0.15, -0.1) is 10.2 Å². The molecule has 6 nitrogen and oxygen atoms in total. The first-order valence-corrected chi connectivity index (χ1v) is 6.42. The van der Waals surface area contributed by atoms with Gasteiger partial charge in [0.15, 0.2) is 0 Å². The lowest BCUT2D eigenvalue weighted by molar-refractivity contribution is -0.119. The van der Waals surface area contributed by atoms with Crippen molar-refractivity contribution in [2.45, 2.75) is 26.8 Å². The number of nitrogens with zero attached hydrogens (tertiary/aromatic N) is 2. The van der Waals surface area contributed by atoms with Crippen LogP contribution in [0.1, 0.15) is 19.4 Å². The molecular formula is C14H18N4O2. The Morgan fingerprint density at radius 3 is 2.70 bits per heavy atom. The van der Waals surface area contributed by atoms with Crippen LogP contribution in [-0.4, -0.2) is 22.1 Å². The van der Waals surface area contributed by atoms with Crippen molar-refractivity contribution in [1.82, 2.24) is 10.2 Å². The van der Waals surface area contributed by atoms with Gasteiger partial charge in [0.2, 0.25) is 18.2 Å².